The van der Waals surface area contributed by atoms with E-state index < -0.39 is 12.1 Å². The van der Waals surface area contributed by atoms with Gasteiger partial charge in [-0.05, 0) is 42.8 Å². The lowest BCUT2D eigenvalue weighted by Gasteiger charge is -2.38. The number of nitrogens with one attached hydrogen (secondary N) is 1. The molecule has 2 aromatic carbocycles. The zero-order valence-electron chi connectivity index (χ0n) is 17.3. The van der Waals surface area contributed by atoms with Crippen LogP contribution in [-0.2, 0) is 14.3 Å². The van der Waals surface area contributed by atoms with E-state index in [1.54, 1.807) is 47.4 Å². The van der Waals surface area contributed by atoms with Crippen LogP contribution in [0, 0.1) is 11.3 Å². The van der Waals surface area contributed by atoms with Crippen LogP contribution in [0.2, 0.25) is 0 Å². The van der Waals surface area contributed by atoms with E-state index in [0.717, 1.165) is 0 Å². The molecule has 3 rings (SSSR count). The summed E-state index contributed by atoms with van der Waals surface area (Å²) in [5.74, 6) is -0.516. The molecule has 0 bridgehead atoms. The highest BCUT2D eigenvalue weighted by Gasteiger charge is 2.34. The van der Waals surface area contributed by atoms with Crippen LogP contribution in [0.15, 0.2) is 48.5 Å². The molecule has 31 heavy (non-hydrogen) atoms. The standard InChI is InChI=1S/C23H25N3O5/c1-2-30-11-10-26-20(14-31-15-21(26)27)22(28)17-6-8-19(9-7-17)25-23(29)18-5-3-4-16(12-18)13-24/h3-9,12,20,22,28H,2,10-11,14-15H2,1H3,(H,25,29)/t20-,22-/m1/s1. The van der Waals surface area contributed by atoms with Crippen molar-refractivity contribution in [3.63, 3.8) is 0 Å². The van der Waals surface area contributed by atoms with Crippen LogP contribution in [0.25, 0.3) is 0 Å². The van der Waals surface area contributed by atoms with E-state index in [0.29, 0.717) is 42.1 Å². The molecule has 2 amide bonds. The largest absolute Gasteiger partial charge is 0.386 e. The molecule has 0 aromatic heterocycles. The summed E-state index contributed by atoms with van der Waals surface area (Å²) in [6, 6.07) is 14.7. The Morgan fingerprint density at radius 2 is 2.13 bits per heavy atom. The van der Waals surface area contributed by atoms with Crippen LogP contribution in [0.4, 0.5) is 5.69 Å². The van der Waals surface area contributed by atoms with E-state index >= 15 is 0 Å². The van der Waals surface area contributed by atoms with Gasteiger partial charge in [0.05, 0.1) is 30.9 Å². The van der Waals surface area contributed by atoms with E-state index in [4.69, 9.17) is 14.7 Å². The fraction of sp³-hybridized carbons (Fsp3) is 0.348. The summed E-state index contributed by atoms with van der Waals surface area (Å²) in [7, 11) is 0. The van der Waals surface area contributed by atoms with Gasteiger partial charge in [0, 0.05) is 24.4 Å². The van der Waals surface area contributed by atoms with Crippen molar-refractivity contribution in [2.24, 2.45) is 0 Å². The summed E-state index contributed by atoms with van der Waals surface area (Å²) < 4.78 is 10.7. The van der Waals surface area contributed by atoms with Crippen molar-refractivity contribution in [2.45, 2.75) is 19.1 Å². The van der Waals surface area contributed by atoms with E-state index in [1.165, 1.54) is 6.07 Å². The third kappa shape index (κ3) is 5.67. The van der Waals surface area contributed by atoms with Gasteiger partial charge < -0.3 is 24.8 Å². The minimum Gasteiger partial charge on any atom is -0.386 e. The number of ether oxygens (including phenoxy) is 2. The SMILES string of the molecule is CCOCCN1C(=O)COC[C@@H]1[C@H](O)c1ccc(NC(=O)c2cccc(C#N)c2)cc1. The number of benzene rings is 2. The van der Waals surface area contributed by atoms with Crippen LogP contribution in [0.5, 0.6) is 0 Å². The van der Waals surface area contributed by atoms with Gasteiger partial charge in [-0.3, -0.25) is 9.59 Å². The Morgan fingerprint density at radius 1 is 1.35 bits per heavy atom. The number of aliphatic hydroxyl groups excluding tert-OH is 1. The summed E-state index contributed by atoms with van der Waals surface area (Å²) in [4.78, 5) is 26.3. The van der Waals surface area contributed by atoms with Gasteiger partial charge >= 0.3 is 0 Å². The first-order valence-electron chi connectivity index (χ1n) is 10.1. The molecule has 2 aromatic rings. The summed E-state index contributed by atoms with van der Waals surface area (Å²) in [5.41, 5.74) is 1.94. The van der Waals surface area contributed by atoms with Gasteiger partial charge in [-0.1, -0.05) is 18.2 Å². The summed E-state index contributed by atoms with van der Waals surface area (Å²) >= 11 is 0. The number of carbonyl (C=O) groups excluding carboxylic acids is 2. The maximum Gasteiger partial charge on any atom is 0.255 e. The number of anilines is 1. The molecule has 1 aliphatic heterocycles. The van der Waals surface area contributed by atoms with Crippen molar-refractivity contribution in [1.29, 1.82) is 5.26 Å². The highest BCUT2D eigenvalue weighted by molar-refractivity contribution is 6.04. The van der Waals surface area contributed by atoms with Gasteiger partial charge in [0.2, 0.25) is 5.91 Å². The average molecular weight is 423 g/mol. The molecule has 8 nitrogen and oxygen atoms in total. The van der Waals surface area contributed by atoms with Crippen molar-refractivity contribution in [3.8, 4) is 6.07 Å². The predicted molar refractivity (Wildman–Crippen MR) is 113 cm³/mol. The topological polar surface area (TPSA) is 112 Å². The Morgan fingerprint density at radius 3 is 2.84 bits per heavy atom. The first-order valence-corrected chi connectivity index (χ1v) is 10.1. The molecule has 0 unspecified atom stereocenters. The second-order valence-electron chi connectivity index (χ2n) is 7.08. The lowest BCUT2D eigenvalue weighted by Crippen LogP contribution is -2.53. The number of hydrogen-bond donors (Lipinski definition) is 2. The highest BCUT2D eigenvalue weighted by Crippen LogP contribution is 2.25. The quantitative estimate of drug-likeness (QED) is 0.629. The first-order chi connectivity index (χ1) is 15.0. The van der Waals surface area contributed by atoms with E-state index in [2.05, 4.69) is 5.32 Å². The third-order valence-electron chi connectivity index (χ3n) is 5.04. The molecule has 0 saturated carbocycles. The van der Waals surface area contributed by atoms with Gasteiger partial charge in [0.1, 0.15) is 12.7 Å². The van der Waals surface area contributed by atoms with E-state index in [9.17, 15) is 14.7 Å². The lowest BCUT2D eigenvalue weighted by molar-refractivity contribution is -0.155. The Kier molecular flexibility index (Phi) is 7.73. The Labute approximate surface area is 181 Å². The van der Waals surface area contributed by atoms with Crippen molar-refractivity contribution >= 4 is 17.5 Å². The normalized spacial score (nSPS) is 17.1. The van der Waals surface area contributed by atoms with Crippen LogP contribution in [-0.4, -0.2) is 60.8 Å². The van der Waals surface area contributed by atoms with Gasteiger partial charge in [0.15, 0.2) is 0 Å². The Hall–Kier alpha value is -3.25. The molecule has 162 valence electrons. The highest BCUT2D eigenvalue weighted by atomic mass is 16.5. The minimum atomic E-state index is -0.942. The maximum absolute atomic E-state index is 12.4. The number of carbonyl (C=O) groups is 2. The molecular formula is C23H25N3O5. The second-order valence-corrected chi connectivity index (χ2v) is 7.08. The van der Waals surface area contributed by atoms with Gasteiger partial charge in [-0.15, -0.1) is 0 Å². The van der Waals surface area contributed by atoms with Crippen molar-refractivity contribution in [1.82, 2.24) is 4.90 Å². The van der Waals surface area contributed by atoms with Crippen LogP contribution in [0.1, 0.15) is 34.5 Å². The summed E-state index contributed by atoms with van der Waals surface area (Å²) in [6.07, 6.45) is -0.942. The first kappa shape index (κ1) is 22.4. The zero-order valence-corrected chi connectivity index (χ0v) is 17.3. The van der Waals surface area contributed by atoms with Crippen LogP contribution in [0.3, 0.4) is 0 Å². The maximum atomic E-state index is 12.4. The number of hydrogen-bond acceptors (Lipinski definition) is 6. The Bertz CT molecular complexity index is 954. The predicted octanol–water partition coefficient (Wildman–Crippen LogP) is 2.11. The van der Waals surface area contributed by atoms with E-state index in [1.807, 2.05) is 13.0 Å². The van der Waals surface area contributed by atoms with Crippen molar-refractivity contribution < 1.29 is 24.2 Å². The average Bonchev–Trinajstić information content (AvgIpc) is 2.80. The molecule has 2 N–H and O–H groups in total. The molecule has 1 fully saturated rings. The number of nitrogens with zero attached hydrogens (tertiary/aromatic N) is 2. The summed E-state index contributed by atoms with van der Waals surface area (Å²) in [6.45, 7) is 3.44. The van der Waals surface area contributed by atoms with Crippen LogP contribution < -0.4 is 5.32 Å². The molecular weight excluding hydrogens is 398 g/mol. The molecule has 0 aliphatic carbocycles. The van der Waals surface area contributed by atoms with Crippen LogP contribution >= 0.6 is 0 Å². The smallest absolute Gasteiger partial charge is 0.255 e. The number of nitriles is 1. The van der Waals surface area contributed by atoms with Gasteiger partial charge in [-0.25, -0.2) is 0 Å². The molecule has 1 heterocycles. The fourth-order valence-electron chi connectivity index (χ4n) is 3.40. The monoisotopic (exact) mass is 423 g/mol. The molecule has 2 atom stereocenters. The Balaban J connectivity index is 1.67. The number of amides is 2. The fourth-order valence-corrected chi connectivity index (χ4v) is 3.40. The number of morpholine rings is 1. The van der Waals surface area contributed by atoms with Gasteiger partial charge in [0.25, 0.3) is 5.91 Å². The second kappa shape index (κ2) is 10.7. The minimum absolute atomic E-state index is 0.00663. The molecule has 0 radical (unpaired) electrons. The number of aliphatic hydroxyl groups is 1. The molecule has 0 spiro atoms. The summed E-state index contributed by atoms with van der Waals surface area (Å²) in [5, 5.41) is 22.6. The lowest BCUT2D eigenvalue weighted by atomic mass is 10.00. The molecule has 1 aliphatic rings. The molecule has 1 saturated heterocycles. The van der Waals surface area contributed by atoms with Crippen molar-refractivity contribution in [3.05, 3.63) is 65.2 Å². The molecule has 8 heteroatoms. The van der Waals surface area contributed by atoms with Gasteiger partial charge in [-0.2, -0.15) is 5.26 Å². The third-order valence-corrected chi connectivity index (χ3v) is 5.04. The number of rotatable bonds is 8. The van der Waals surface area contributed by atoms with E-state index in [-0.39, 0.29) is 25.0 Å². The zero-order chi connectivity index (χ0) is 22.2. The van der Waals surface area contributed by atoms with Crippen molar-refractivity contribution in [2.75, 3.05) is 38.3 Å².